The van der Waals surface area contributed by atoms with Crippen LogP contribution in [0.5, 0.6) is 5.75 Å². The molecule has 0 aliphatic carbocycles. The molecule has 1 atom stereocenters. The van der Waals surface area contributed by atoms with Crippen LogP contribution in [0.15, 0.2) is 58.4 Å². The molecule has 0 saturated heterocycles. The van der Waals surface area contributed by atoms with Crippen LogP contribution in [-0.4, -0.2) is 32.0 Å². The van der Waals surface area contributed by atoms with Gasteiger partial charge in [0.05, 0.1) is 11.5 Å². The topological polar surface area (TPSA) is 117 Å². The summed E-state index contributed by atoms with van der Waals surface area (Å²) in [5.41, 5.74) is 0.193. The Bertz CT molecular complexity index is 1250. The lowest BCUT2D eigenvalue weighted by Crippen LogP contribution is -2.35. The van der Waals surface area contributed by atoms with E-state index >= 15 is 0 Å². The van der Waals surface area contributed by atoms with Crippen molar-refractivity contribution in [2.75, 3.05) is 11.3 Å². The van der Waals surface area contributed by atoms with Crippen molar-refractivity contribution in [3.63, 3.8) is 0 Å². The number of fused-ring (bicyclic) bond motifs is 1. The highest BCUT2D eigenvalue weighted by Crippen LogP contribution is 2.21. The number of aromatic amines is 1. The van der Waals surface area contributed by atoms with Crippen LogP contribution >= 0.6 is 0 Å². The zero-order chi connectivity index (χ0) is 22.6. The molecule has 0 aliphatic rings. The minimum Gasteiger partial charge on any atom is -0.494 e. The maximum atomic E-state index is 12.9. The van der Waals surface area contributed by atoms with Crippen LogP contribution in [0.1, 0.15) is 37.6 Å². The molecule has 0 spiro atoms. The van der Waals surface area contributed by atoms with E-state index < -0.39 is 21.4 Å². The Morgan fingerprint density at radius 1 is 1.13 bits per heavy atom. The van der Waals surface area contributed by atoms with Gasteiger partial charge < -0.3 is 15.0 Å². The third-order valence-electron chi connectivity index (χ3n) is 4.81. The van der Waals surface area contributed by atoms with E-state index in [0.29, 0.717) is 23.6 Å². The summed E-state index contributed by atoms with van der Waals surface area (Å²) in [7, 11) is -3.95. The SMILES string of the molecule is CCOc1ccc(NS(=O)(=O)c2ccc3[nH]cc(C(=O)N[C@@H](C)CC)c(=O)c3c2)cc1. The predicted octanol–water partition coefficient (Wildman–Crippen LogP) is 3.26. The first-order valence-corrected chi connectivity index (χ1v) is 11.5. The lowest BCUT2D eigenvalue weighted by Gasteiger charge is -2.12. The van der Waals surface area contributed by atoms with E-state index in [1.165, 1.54) is 24.4 Å². The zero-order valence-electron chi connectivity index (χ0n) is 17.6. The predicted molar refractivity (Wildman–Crippen MR) is 120 cm³/mol. The zero-order valence-corrected chi connectivity index (χ0v) is 18.4. The molecule has 2 aromatic carbocycles. The molecule has 164 valence electrons. The second-order valence-electron chi connectivity index (χ2n) is 7.08. The Balaban J connectivity index is 1.93. The average molecular weight is 444 g/mol. The molecule has 1 aromatic heterocycles. The van der Waals surface area contributed by atoms with Gasteiger partial charge in [-0.25, -0.2) is 8.42 Å². The van der Waals surface area contributed by atoms with Crippen molar-refractivity contribution in [1.82, 2.24) is 10.3 Å². The highest BCUT2D eigenvalue weighted by atomic mass is 32.2. The van der Waals surface area contributed by atoms with Crippen LogP contribution < -0.4 is 20.2 Å². The van der Waals surface area contributed by atoms with Crippen LogP contribution in [0.4, 0.5) is 5.69 Å². The largest absolute Gasteiger partial charge is 0.494 e. The second kappa shape index (κ2) is 9.22. The van der Waals surface area contributed by atoms with Crippen LogP contribution in [0, 0.1) is 0 Å². The van der Waals surface area contributed by atoms with Gasteiger partial charge in [-0.15, -0.1) is 0 Å². The number of amides is 1. The third-order valence-corrected chi connectivity index (χ3v) is 6.19. The van der Waals surface area contributed by atoms with Gasteiger partial charge in [-0.05, 0) is 62.7 Å². The molecule has 0 fully saturated rings. The van der Waals surface area contributed by atoms with Crippen molar-refractivity contribution in [3.8, 4) is 5.75 Å². The summed E-state index contributed by atoms with van der Waals surface area (Å²) >= 11 is 0. The number of aromatic nitrogens is 1. The summed E-state index contributed by atoms with van der Waals surface area (Å²) in [6.45, 7) is 6.13. The molecule has 3 aromatic rings. The molecule has 9 heteroatoms. The van der Waals surface area contributed by atoms with Crippen molar-refractivity contribution in [2.45, 2.75) is 38.1 Å². The molecule has 31 heavy (non-hydrogen) atoms. The summed E-state index contributed by atoms with van der Waals surface area (Å²) in [5.74, 6) is 0.129. The lowest BCUT2D eigenvalue weighted by atomic mass is 10.1. The number of anilines is 1. The Hall–Kier alpha value is -3.33. The van der Waals surface area contributed by atoms with Crippen molar-refractivity contribution in [3.05, 3.63) is 64.4 Å². The summed E-state index contributed by atoms with van der Waals surface area (Å²) in [5, 5.41) is 2.86. The highest BCUT2D eigenvalue weighted by Gasteiger charge is 2.19. The highest BCUT2D eigenvalue weighted by molar-refractivity contribution is 7.92. The van der Waals surface area contributed by atoms with Gasteiger partial charge in [0.25, 0.3) is 15.9 Å². The first-order chi connectivity index (χ1) is 14.7. The number of sulfonamides is 1. The summed E-state index contributed by atoms with van der Waals surface area (Å²) in [6.07, 6.45) is 2.06. The van der Waals surface area contributed by atoms with E-state index in [9.17, 15) is 18.0 Å². The van der Waals surface area contributed by atoms with Gasteiger partial charge in [-0.2, -0.15) is 0 Å². The number of rotatable bonds is 8. The molecular formula is C22H25N3O5S. The molecule has 0 aliphatic heterocycles. The maximum Gasteiger partial charge on any atom is 0.261 e. The third kappa shape index (κ3) is 5.05. The first kappa shape index (κ1) is 22.4. The molecule has 0 radical (unpaired) electrons. The fourth-order valence-electron chi connectivity index (χ4n) is 2.94. The monoisotopic (exact) mass is 443 g/mol. The van der Waals surface area contributed by atoms with Gasteiger partial charge in [0.1, 0.15) is 11.3 Å². The molecule has 0 bridgehead atoms. The Morgan fingerprint density at radius 3 is 2.48 bits per heavy atom. The van der Waals surface area contributed by atoms with Gasteiger partial charge in [0, 0.05) is 28.8 Å². The number of ether oxygens (including phenoxy) is 1. The Labute approximate surface area is 180 Å². The van der Waals surface area contributed by atoms with E-state index in [2.05, 4.69) is 15.0 Å². The van der Waals surface area contributed by atoms with Gasteiger partial charge in [-0.3, -0.25) is 14.3 Å². The van der Waals surface area contributed by atoms with Crippen LogP contribution in [0.2, 0.25) is 0 Å². The minimum absolute atomic E-state index is 0.0678. The van der Waals surface area contributed by atoms with E-state index in [1.807, 2.05) is 20.8 Å². The molecule has 0 unspecified atom stereocenters. The molecule has 1 heterocycles. The quantitative estimate of drug-likeness (QED) is 0.494. The first-order valence-electron chi connectivity index (χ1n) is 9.97. The Morgan fingerprint density at radius 2 is 1.84 bits per heavy atom. The average Bonchev–Trinajstić information content (AvgIpc) is 2.75. The van der Waals surface area contributed by atoms with E-state index in [-0.39, 0.29) is 21.9 Å². The van der Waals surface area contributed by atoms with Crippen LogP contribution in [0.25, 0.3) is 10.9 Å². The normalized spacial score (nSPS) is 12.4. The number of pyridine rings is 1. The number of nitrogens with one attached hydrogen (secondary N) is 3. The van der Waals surface area contributed by atoms with Crippen molar-refractivity contribution < 1.29 is 17.9 Å². The standard InChI is InChI=1S/C22H25N3O5S/c1-4-14(3)24-22(27)19-13-23-20-11-10-17(12-18(20)21(19)26)31(28,29)25-15-6-8-16(9-7-15)30-5-2/h6-14,25H,4-5H2,1-3H3,(H,23,26)(H,24,27)/t14-/m0/s1. The van der Waals surface area contributed by atoms with Crippen molar-refractivity contribution in [2.24, 2.45) is 0 Å². The van der Waals surface area contributed by atoms with Crippen LogP contribution in [-0.2, 0) is 10.0 Å². The number of H-pyrrole nitrogens is 1. The summed E-state index contributed by atoms with van der Waals surface area (Å²) in [4.78, 5) is 28.1. The molecule has 8 nitrogen and oxygen atoms in total. The fraction of sp³-hybridized carbons (Fsp3) is 0.273. The van der Waals surface area contributed by atoms with Gasteiger partial charge in [0.15, 0.2) is 0 Å². The minimum atomic E-state index is -3.95. The Kier molecular flexibility index (Phi) is 6.65. The van der Waals surface area contributed by atoms with E-state index in [4.69, 9.17) is 4.74 Å². The van der Waals surface area contributed by atoms with Gasteiger partial charge >= 0.3 is 0 Å². The van der Waals surface area contributed by atoms with Gasteiger partial charge in [0.2, 0.25) is 5.43 Å². The summed E-state index contributed by atoms with van der Waals surface area (Å²) in [6, 6.07) is 10.6. The lowest BCUT2D eigenvalue weighted by molar-refractivity contribution is 0.0938. The number of hydrogen-bond acceptors (Lipinski definition) is 5. The number of carbonyl (C=O) groups excluding carboxylic acids is 1. The van der Waals surface area contributed by atoms with Gasteiger partial charge in [-0.1, -0.05) is 6.92 Å². The molecule has 0 saturated carbocycles. The summed E-state index contributed by atoms with van der Waals surface area (Å²) < 4.78 is 33.5. The molecule has 3 N–H and O–H groups in total. The second-order valence-corrected chi connectivity index (χ2v) is 8.77. The molecular weight excluding hydrogens is 418 g/mol. The number of carbonyl (C=O) groups is 1. The smallest absolute Gasteiger partial charge is 0.261 e. The maximum absolute atomic E-state index is 12.9. The van der Waals surface area contributed by atoms with Crippen molar-refractivity contribution >= 4 is 32.5 Å². The fourth-order valence-corrected chi connectivity index (χ4v) is 4.02. The van der Waals surface area contributed by atoms with E-state index in [0.717, 1.165) is 6.42 Å². The number of benzene rings is 2. The van der Waals surface area contributed by atoms with E-state index in [1.54, 1.807) is 24.3 Å². The number of hydrogen-bond donors (Lipinski definition) is 3. The molecule has 3 rings (SSSR count). The molecule has 1 amide bonds. The van der Waals surface area contributed by atoms with Crippen molar-refractivity contribution in [1.29, 1.82) is 0 Å². The van der Waals surface area contributed by atoms with Crippen LogP contribution in [0.3, 0.4) is 0 Å².